The molecule has 0 saturated heterocycles. The van der Waals surface area contributed by atoms with Gasteiger partial charge in [-0.25, -0.2) is 10.8 Å². The molecule has 0 unspecified atom stereocenters. The van der Waals surface area contributed by atoms with E-state index in [-0.39, 0.29) is 18.3 Å². The first kappa shape index (κ1) is 12.9. The van der Waals surface area contributed by atoms with Gasteiger partial charge in [-0.1, -0.05) is 0 Å². The Morgan fingerprint density at radius 3 is 2.81 bits per heavy atom. The third kappa shape index (κ3) is 2.49. The van der Waals surface area contributed by atoms with Crippen LogP contribution in [0.25, 0.3) is 0 Å². The number of nitrogens with one attached hydrogen (secondary N) is 2. The van der Waals surface area contributed by atoms with Crippen molar-refractivity contribution in [2.75, 3.05) is 17.5 Å². The number of hydrogen-bond donors (Lipinski definition) is 3. The molecule has 0 aliphatic carbocycles. The van der Waals surface area contributed by atoms with Crippen LogP contribution in [0.2, 0.25) is 0 Å². The lowest BCUT2D eigenvalue weighted by Gasteiger charge is -2.08. The van der Waals surface area contributed by atoms with Crippen LogP contribution in [0.4, 0.5) is 23.0 Å². The maximum Gasteiger partial charge on any atom is 0.311 e. The first-order valence-electron chi connectivity index (χ1n) is 5.96. The monoisotopic (exact) mass is 289 g/mol. The van der Waals surface area contributed by atoms with E-state index >= 15 is 0 Å². The molecule has 0 atom stereocenters. The number of nitrogen functional groups attached to an aromatic ring is 1. The molecule has 0 amide bonds. The molecule has 0 radical (unpaired) electrons. The maximum absolute atomic E-state index is 11.0. The van der Waals surface area contributed by atoms with E-state index in [1.54, 1.807) is 18.2 Å². The molecule has 0 bridgehead atoms. The van der Waals surface area contributed by atoms with Crippen molar-refractivity contribution in [1.29, 1.82) is 0 Å². The van der Waals surface area contributed by atoms with Crippen molar-refractivity contribution in [2.24, 2.45) is 5.84 Å². The minimum Gasteiger partial charge on any atom is -0.454 e. The molecule has 1 aromatic heterocycles. The summed E-state index contributed by atoms with van der Waals surface area (Å²) in [6.07, 6.45) is 0. The third-order valence-corrected chi connectivity index (χ3v) is 2.85. The smallest absolute Gasteiger partial charge is 0.311 e. The number of benzene rings is 1. The van der Waals surface area contributed by atoms with Crippen molar-refractivity contribution >= 4 is 23.0 Å². The quantitative estimate of drug-likeness (QED) is 0.441. The summed E-state index contributed by atoms with van der Waals surface area (Å²) in [7, 11) is 0. The molecule has 2 heterocycles. The number of aromatic nitrogens is 1. The van der Waals surface area contributed by atoms with Crippen molar-refractivity contribution < 1.29 is 14.4 Å². The highest BCUT2D eigenvalue weighted by Gasteiger charge is 2.18. The average Bonchev–Trinajstić information content (AvgIpc) is 2.94. The highest BCUT2D eigenvalue weighted by molar-refractivity contribution is 5.69. The molecule has 1 aliphatic rings. The molecule has 21 heavy (non-hydrogen) atoms. The first-order valence-corrected chi connectivity index (χ1v) is 5.96. The van der Waals surface area contributed by atoms with E-state index in [0.717, 1.165) is 0 Å². The number of hydrazine groups is 1. The zero-order valence-electron chi connectivity index (χ0n) is 10.7. The number of hydrogen-bond acceptors (Lipinski definition) is 8. The number of pyridine rings is 1. The zero-order chi connectivity index (χ0) is 14.8. The summed E-state index contributed by atoms with van der Waals surface area (Å²) in [4.78, 5) is 14.5. The predicted molar refractivity (Wildman–Crippen MR) is 74.5 cm³/mol. The zero-order valence-corrected chi connectivity index (χ0v) is 10.7. The van der Waals surface area contributed by atoms with Gasteiger partial charge in [0.2, 0.25) is 12.6 Å². The number of rotatable bonds is 4. The average molecular weight is 289 g/mol. The van der Waals surface area contributed by atoms with Crippen molar-refractivity contribution in [3.05, 3.63) is 40.4 Å². The molecule has 0 spiro atoms. The Morgan fingerprint density at radius 1 is 1.24 bits per heavy atom. The number of nitrogens with two attached hydrogens (primary N) is 1. The van der Waals surface area contributed by atoms with Crippen LogP contribution in [-0.2, 0) is 0 Å². The fourth-order valence-electron chi connectivity index (χ4n) is 1.88. The third-order valence-electron chi connectivity index (χ3n) is 2.85. The Balaban J connectivity index is 1.95. The highest BCUT2D eigenvalue weighted by Crippen LogP contribution is 2.36. The van der Waals surface area contributed by atoms with Crippen molar-refractivity contribution in [1.82, 2.24) is 4.98 Å². The summed E-state index contributed by atoms with van der Waals surface area (Å²) in [5.74, 6) is 6.84. The van der Waals surface area contributed by atoms with Crippen LogP contribution in [0, 0.1) is 10.1 Å². The number of anilines is 3. The van der Waals surface area contributed by atoms with Gasteiger partial charge >= 0.3 is 5.69 Å². The van der Waals surface area contributed by atoms with Gasteiger partial charge in [-0.15, -0.1) is 0 Å². The molecule has 9 nitrogen and oxygen atoms in total. The number of nitro groups is 1. The Labute approximate surface area is 118 Å². The van der Waals surface area contributed by atoms with Gasteiger partial charge in [0.15, 0.2) is 11.5 Å². The van der Waals surface area contributed by atoms with Gasteiger partial charge in [0.25, 0.3) is 0 Å². The lowest BCUT2D eigenvalue weighted by atomic mass is 10.2. The second kappa shape index (κ2) is 5.13. The number of nitrogens with zero attached hydrogens (tertiary/aromatic N) is 2. The number of ether oxygens (including phenoxy) is 2. The summed E-state index contributed by atoms with van der Waals surface area (Å²) in [5.41, 5.74) is 2.77. The van der Waals surface area contributed by atoms with E-state index in [1.165, 1.54) is 12.1 Å². The Kier molecular flexibility index (Phi) is 3.16. The molecular formula is C12H11N5O4. The van der Waals surface area contributed by atoms with E-state index in [1.807, 2.05) is 0 Å². The highest BCUT2D eigenvalue weighted by atomic mass is 16.7. The molecular weight excluding hydrogens is 278 g/mol. The lowest BCUT2D eigenvalue weighted by molar-refractivity contribution is -0.384. The second-order valence-electron chi connectivity index (χ2n) is 4.16. The minimum absolute atomic E-state index is 0.0781. The lowest BCUT2D eigenvalue weighted by Crippen LogP contribution is -2.10. The normalized spacial score (nSPS) is 12.0. The van der Waals surface area contributed by atoms with Gasteiger partial charge in [0.1, 0.15) is 5.82 Å². The second-order valence-corrected chi connectivity index (χ2v) is 4.16. The Hall–Kier alpha value is -3.07. The molecule has 0 fully saturated rings. The van der Waals surface area contributed by atoms with E-state index in [2.05, 4.69) is 15.7 Å². The van der Waals surface area contributed by atoms with Gasteiger partial charge < -0.3 is 20.2 Å². The summed E-state index contributed by atoms with van der Waals surface area (Å²) in [5, 5.41) is 13.9. The number of fused-ring (bicyclic) bond motifs is 1. The van der Waals surface area contributed by atoms with Crippen LogP contribution in [0.15, 0.2) is 30.3 Å². The van der Waals surface area contributed by atoms with Crippen molar-refractivity contribution in [2.45, 2.75) is 0 Å². The van der Waals surface area contributed by atoms with Gasteiger partial charge in [-0.05, 0) is 18.2 Å². The van der Waals surface area contributed by atoms with Gasteiger partial charge in [-0.2, -0.15) is 0 Å². The summed E-state index contributed by atoms with van der Waals surface area (Å²) in [6.45, 7) is 0.157. The first-order chi connectivity index (χ1) is 10.2. The molecule has 2 aromatic rings. The van der Waals surface area contributed by atoms with Crippen LogP contribution < -0.4 is 26.1 Å². The largest absolute Gasteiger partial charge is 0.454 e. The molecule has 108 valence electrons. The van der Waals surface area contributed by atoms with Gasteiger partial charge in [-0.3, -0.25) is 10.1 Å². The van der Waals surface area contributed by atoms with Gasteiger partial charge in [0, 0.05) is 17.8 Å². The molecule has 1 aromatic carbocycles. The molecule has 1 aliphatic heterocycles. The van der Waals surface area contributed by atoms with E-state index in [4.69, 9.17) is 15.3 Å². The van der Waals surface area contributed by atoms with E-state index in [9.17, 15) is 10.1 Å². The van der Waals surface area contributed by atoms with E-state index in [0.29, 0.717) is 23.0 Å². The topological polar surface area (TPSA) is 125 Å². The van der Waals surface area contributed by atoms with Crippen LogP contribution in [0.3, 0.4) is 0 Å². The van der Waals surface area contributed by atoms with Crippen LogP contribution >= 0.6 is 0 Å². The van der Waals surface area contributed by atoms with Crippen LogP contribution in [-0.4, -0.2) is 16.7 Å². The molecule has 4 N–H and O–H groups in total. The van der Waals surface area contributed by atoms with Crippen molar-refractivity contribution in [3.63, 3.8) is 0 Å². The van der Waals surface area contributed by atoms with Crippen molar-refractivity contribution in [3.8, 4) is 11.5 Å². The summed E-state index contributed by atoms with van der Waals surface area (Å²) < 4.78 is 10.5. The maximum atomic E-state index is 11.0. The molecule has 0 saturated carbocycles. The summed E-state index contributed by atoms with van der Waals surface area (Å²) >= 11 is 0. The minimum atomic E-state index is -0.525. The molecule has 9 heteroatoms. The summed E-state index contributed by atoms with van der Waals surface area (Å²) in [6, 6.07) is 7.83. The standard InChI is InChI=1S/C12H11N5O4/c13-16-11-4-2-8(17(18)19)12(15-11)14-7-1-3-9-10(5-7)21-6-20-9/h1-5H,6,13H2,(H2,14,15,16). The van der Waals surface area contributed by atoms with Crippen LogP contribution in [0.1, 0.15) is 0 Å². The van der Waals surface area contributed by atoms with E-state index < -0.39 is 4.92 Å². The van der Waals surface area contributed by atoms with Crippen LogP contribution in [0.5, 0.6) is 11.5 Å². The Bertz CT molecular complexity index is 706. The SMILES string of the molecule is NNc1ccc([N+](=O)[O-])c(Nc2ccc3c(c2)OCO3)n1. The Morgan fingerprint density at radius 2 is 2.05 bits per heavy atom. The predicted octanol–water partition coefficient (Wildman–Crippen LogP) is 1.75. The molecule has 3 rings (SSSR count). The fraction of sp³-hybridized carbons (Fsp3) is 0.0833. The van der Waals surface area contributed by atoms with Gasteiger partial charge in [0.05, 0.1) is 4.92 Å². The fourth-order valence-corrected chi connectivity index (χ4v) is 1.88.